The van der Waals surface area contributed by atoms with Gasteiger partial charge in [0.2, 0.25) is 5.89 Å². The number of thioether (sulfide) groups is 3. The Morgan fingerprint density at radius 2 is 2.14 bits per heavy atom. The van der Waals surface area contributed by atoms with Crippen LogP contribution in [0.25, 0.3) is 0 Å². The van der Waals surface area contributed by atoms with Crippen molar-refractivity contribution in [3.8, 4) is 0 Å². The van der Waals surface area contributed by atoms with Gasteiger partial charge in [0.1, 0.15) is 0 Å². The smallest absolute Gasteiger partial charge is 0.232 e. The highest BCUT2D eigenvalue weighted by Gasteiger charge is 2.35. The number of rotatable bonds is 5. The average Bonchev–Trinajstić information content (AvgIpc) is 3.14. The molecule has 7 heteroatoms. The van der Waals surface area contributed by atoms with Gasteiger partial charge in [0.05, 0.1) is 11.2 Å². The third-order valence-corrected chi connectivity index (χ3v) is 8.23. The Kier molecular flexibility index (Phi) is 5.81. The van der Waals surface area contributed by atoms with Gasteiger partial charge in [-0.05, 0) is 13.0 Å². The zero-order valence-electron chi connectivity index (χ0n) is 12.6. The monoisotopic (exact) mass is 345 g/mol. The normalized spacial score (nSPS) is 33.4. The second-order valence-corrected chi connectivity index (χ2v) is 9.37. The first-order valence-electron chi connectivity index (χ1n) is 7.67. The molecule has 2 fully saturated rings. The SMILES string of the molecule is CCCNC1CSCC1c1nc(C2SCCSC2C)no1. The molecule has 0 amide bonds. The van der Waals surface area contributed by atoms with Crippen molar-refractivity contribution < 1.29 is 4.52 Å². The molecule has 1 aromatic heterocycles. The van der Waals surface area contributed by atoms with Crippen LogP contribution in [0.4, 0.5) is 0 Å². The van der Waals surface area contributed by atoms with E-state index in [0.717, 1.165) is 36.2 Å². The summed E-state index contributed by atoms with van der Waals surface area (Å²) in [7, 11) is 0. The predicted octanol–water partition coefficient (Wildman–Crippen LogP) is 3.18. The fraction of sp³-hybridized carbons (Fsp3) is 0.857. The van der Waals surface area contributed by atoms with Crippen molar-refractivity contribution in [3.05, 3.63) is 11.7 Å². The van der Waals surface area contributed by atoms with Crippen LogP contribution < -0.4 is 5.32 Å². The Bertz CT molecular complexity index is 456. The number of hydrogen-bond donors (Lipinski definition) is 1. The van der Waals surface area contributed by atoms with Crippen LogP contribution in [0.15, 0.2) is 4.52 Å². The zero-order chi connectivity index (χ0) is 14.7. The first-order chi connectivity index (χ1) is 10.3. The van der Waals surface area contributed by atoms with E-state index in [9.17, 15) is 0 Å². The number of nitrogens with zero attached hydrogens (tertiary/aromatic N) is 2. The van der Waals surface area contributed by atoms with Gasteiger partial charge in [-0.2, -0.15) is 28.5 Å². The van der Waals surface area contributed by atoms with E-state index in [4.69, 9.17) is 9.51 Å². The van der Waals surface area contributed by atoms with Crippen LogP contribution in [0, 0.1) is 0 Å². The number of aromatic nitrogens is 2. The summed E-state index contributed by atoms with van der Waals surface area (Å²) >= 11 is 5.96. The van der Waals surface area contributed by atoms with Gasteiger partial charge in [0.15, 0.2) is 5.82 Å². The minimum atomic E-state index is 0.374. The minimum Gasteiger partial charge on any atom is -0.339 e. The van der Waals surface area contributed by atoms with E-state index in [1.807, 2.05) is 35.3 Å². The first-order valence-corrected chi connectivity index (χ1v) is 10.9. The molecule has 1 N–H and O–H groups in total. The summed E-state index contributed by atoms with van der Waals surface area (Å²) in [6.45, 7) is 5.54. The lowest BCUT2D eigenvalue weighted by molar-refractivity contribution is 0.336. The summed E-state index contributed by atoms with van der Waals surface area (Å²) < 4.78 is 5.62. The van der Waals surface area contributed by atoms with Crippen LogP contribution in [-0.2, 0) is 0 Å². The van der Waals surface area contributed by atoms with Crippen LogP contribution in [0.2, 0.25) is 0 Å². The molecule has 2 aliphatic heterocycles. The molecule has 4 nitrogen and oxygen atoms in total. The molecule has 118 valence electrons. The summed E-state index contributed by atoms with van der Waals surface area (Å²) in [5.74, 6) is 6.77. The quantitative estimate of drug-likeness (QED) is 0.879. The summed E-state index contributed by atoms with van der Waals surface area (Å²) in [5.41, 5.74) is 0. The fourth-order valence-corrected chi connectivity index (χ4v) is 6.81. The highest BCUT2D eigenvalue weighted by molar-refractivity contribution is 8.06. The van der Waals surface area contributed by atoms with E-state index >= 15 is 0 Å². The summed E-state index contributed by atoms with van der Waals surface area (Å²) in [6, 6.07) is 0.481. The molecule has 0 saturated carbocycles. The van der Waals surface area contributed by atoms with E-state index in [0.29, 0.717) is 22.5 Å². The predicted molar refractivity (Wildman–Crippen MR) is 93.6 cm³/mol. The Hall–Kier alpha value is 0.150. The molecule has 3 rings (SSSR count). The van der Waals surface area contributed by atoms with Crippen molar-refractivity contribution in [2.24, 2.45) is 0 Å². The van der Waals surface area contributed by atoms with Gasteiger partial charge in [-0.15, -0.1) is 11.8 Å². The molecule has 4 unspecified atom stereocenters. The topological polar surface area (TPSA) is 51.0 Å². The lowest BCUT2D eigenvalue weighted by Crippen LogP contribution is -2.34. The number of nitrogens with one attached hydrogen (secondary N) is 1. The maximum atomic E-state index is 5.62. The van der Waals surface area contributed by atoms with Crippen molar-refractivity contribution in [2.45, 2.75) is 42.7 Å². The van der Waals surface area contributed by atoms with Gasteiger partial charge in [0, 0.05) is 34.3 Å². The molecule has 2 saturated heterocycles. The highest BCUT2D eigenvalue weighted by atomic mass is 32.2. The van der Waals surface area contributed by atoms with E-state index in [1.165, 1.54) is 11.5 Å². The molecule has 21 heavy (non-hydrogen) atoms. The highest BCUT2D eigenvalue weighted by Crippen LogP contribution is 2.42. The Balaban J connectivity index is 1.69. The second kappa shape index (κ2) is 7.62. The molecular formula is C14H23N3OS3. The Morgan fingerprint density at radius 1 is 1.29 bits per heavy atom. The Morgan fingerprint density at radius 3 is 2.95 bits per heavy atom. The molecule has 0 bridgehead atoms. The lowest BCUT2D eigenvalue weighted by Gasteiger charge is -2.24. The number of hydrogen-bond acceptors (Lipinski definition) is 7. The zero-order valence-corrected chi connectivity index (χ0v) is 15.0. The van der Waals surface area contributed by atoms with Crippen molar-refractivity contribution in [1.29, 1.82) is 0 Å². The third kappa shape index (κ3) is 3.74. The molecule has 1 aromatic rings. The molecule has 0 radical (unpaired) electrons. The third-order valence-electron chi connectivity index (χ3n) is 3.95. The van der Waals surface area contributed by atoms with Gasteiger partial charge in [-0.3, -0.25) is 0 Å². The maximum absolute atomic E-state index is 5.62. The first kappa shape index (κ1) is 16.0. The second-order valence-electron chi connectivity index (χ2n) is 5.56. The van der Waals surface area contributed by atoms with Crippen molar-refractivity contribution in [1.82, 2.24) is 15.5 Å². The van der Waals surface area contributed by atoms with Gasteiger partial charge in [-0.1, -0.05) is 19.0 Å². The standard InChI is InChI=1S/C14H23N3OS3/c1-3-4-15-11-8-19-7-10(11)14-16-13(17-18-14)12-9(2)20-5-6-21-12/h9-12,15H,3-8H2,1-2H3. The van der Waals surface area contributed by atoms with Gasteiger partial charge < -0.3 is 9.84 Å². The van der Waals surface area contributed by atoms with Gasteiger partial charge >= 0.3 is 0 Å². The van der Waals surface area contributed by atoms with Gasteiger partial charge in [0.25, 0.3) is 0 Å². The van der Waals surface area contributed by atoms with E-state index in [-0.39, 0.29) is 0 Å². The van der Waals surface area contributed by atoms with Crippen molar-refractivity contribution in [2.75, 3.05) is 29.6 Å². The van der Waals surface area contributed by atoms with Crippen LogP contribution in [0.1, 0.15) is 43.2 Å². The summed E-state index contributed by atoms with van der Waals surface area (Å²) in [5, 5.41) is 8.87. The van der Waals surface area contributed by atoms with E-state index in [2.05, 4.69) is 24.3 Å². The molecule has 2 aliphatic rings. The minimum absolute atomic E-state index is 0.374. The molecule has 0 aromatic carbocycles. The van der Waals surface area contributed by atoms with Crippen molar-refractivity contribution in [3.63, 3.8) is 0 Å². The largest absolute Gasteiger partial charge is 0.339 e. The molecular weight excluding hydrogens is 322 g/mol. The average molecular weight is 346 g/mol. The van der Waals surface area contributed by atoms with Gasteiger partial charge in [-0.25, -0.2) is 0 Å². The van der Waals surface area contributed by atoms with Crippen molar-refractivity contribution >= 4 is 35.3 Å². The lowest BCUT2D eigenvalue weighted by atomic mass is 10.0. The summed E-state index contributed by atoms with van der Waals surface area (Å²) in [4.78, 5) is 4.76. The van der Waals surface area contributed by atoms with Crippen LogP contribution >= 0.6 is 35.3 Å². The van der Waals surface area contributed by atoms with E-state index in [1.54, 1.807) is 0 Å². The summed E-state index contributed by atoms with van der Waals surface area (Å²) in [6.07, 6.45) is 1.16. The van der Waals surface area contributed by atoms with E-state index < -0.39 is 0 Å². The van der Waals surface area contributed by atoms with Crippen LogP contribution in [-0.4, -0.2) is 51.0 Å². The molecule has 3 heterocycles. The maximum Gasteiger partial charge on any atom is 0.232 e. The van der Waals surface area contributed by atoms with Crippen LogP contribution in [0.5, 0.6) is 0 Å². The molecule has 0 aliphatic carbocycles. The fourth-order valence-electron chi connectivity index (χ4n) is 2.76. The van der Waals surface area contributed by atoms with Crippen LogP contribution in [0.3, 0.4) is 0 Å². The molecule has 0 spiro atoms. The molecule has 4 atom stereocenters. The Labute approximate surface area is 139 Å².